The summed E-state index contributed by atoms with van der Waals surface area (Å²) in [6, 6.07) is 17.5. The molecule has 0 unspecified atom stereocenters. The lowest BCUT2D eigenvalue weighted by atomic mass is 10.0. The lowest BCUT2D eigenvalue weighted by Crippen LogP contribution is -2.57. The molecule has 10 nitrogen and oxygen atoms in total. The number of nitrogens with zero attached hydrogens (tertiary/aromatic N) is 2. The fourth-order valence-corrected chi connectivity index (χ4v) is 5.14. The van der Waals surface area contributed by atoms with E-state index in [2.05, 4.69) is 5.32 Å². The van der Waals surface area contributed by atoms with Crippen molar-refractivity contribution in [3.8, 4) is 23.0 Å². The van der Waals surface area contributed by atoms with Gasteiger partial charge in [0.2, 0.25) is 5.91 Å². The second-order valence-electron chi connectivity index (χ2n) is 11.7. The minimum absolute atomic E-state index is 0.178. The molecule has 2 aliphatic heterocycles. The van der Waals surface area contributed by atoms with Crippen molar-refractivity contribution in [3.05, 3.63) is 83.7 Å². The van der Waals surface area contributed by atoms with E-state index in [1.165, 1.54) is 29.2 Å². The maximum absolute atomic E-state index is 13.4. The first-order valence-electron chi connectivity index (χ1n) is 15.0. The Labute approximate surface area is 262 Å². The highest BCUT2D eigenvalue weighted by molar-refractivity contribution is 5.97. The van der Waals surface area contributed by atoms with Gasteiger partial charge in [0.15, 0.2) is 6.61 Å². The van der Waals surface area contributed by atoms with Crippen molar-refractivity contribution in [1.29, 1.82) is 0 Å². The first-order valence-corrected chi connectivity index (χ1v) is 15.0. The van der Waals surface area contributed by atoms with Gasteiger partial charge < -0.3 is 34.1 Å². The number of amides is 3. The summed E-state index contributed by atoms with van der Waals surface area (Å²) in [5.74, 6) is 0.795. The molecule has 3 aromatic rings. The molecule has 4 bridgehead atoms. The van der Waals surface area contributed by atoms with Crippen molar-refractivity contribution in [2.75, 3.05) is 39.9 Å². The second kappa shape index (κ2) is 14.4. The highest BCUT2D eigenvalue weighted by Gasteiger charge is 2.34. The van der Waals surface area contributed by atoms with Crippen LogP contribution in [0, 0.1) is 11.7 Å². The van der Waals surface area contributed by atoms with E-state index in [1.54, 1.807) is 30.1 Å². The van der Waals surface area contributed by atoms with Crippen LogP contribution in [0.1, 0.15) is 36.2 Å². The number of nitrogens with one attached hydrogen (secondary N) is 1. The molecule has 2 atom stereocenters. The van der Waals surface area contributed by atoms with Gasteiger partial charge in [-0.05, 0) is 66.4 Å². The summed E-state index contributed by atoms with van der Waals surface area (Å²) in [6.45, 7) is 4.96. The molecule has 5 rings (SSSR count). The average molecular weight is 620 g/mol. The normalized spacial score (nSPS) is 19.0. The van der Waals surface area contributed by atoms with Crippen LogP contribution in [-0.4, -0.2) is 79.6 Å². The zero-order valence-corrected chi connectivity index (χ0v) is 25.7. The van der Waals surface area contributed by atoms with Crippen LogP contribution in [0.5, 0.6) is 23.0 Å². The van der Waals surface area contributed by atoms with E-state index in [4.69, 9.17) is 18.9 Å². The van der Waals surface area contributed by atoms with Crippen LogP contribution >= 0.6 is 0 Å². The number of hydrogen-bond acceptors (Lipinski definition) is 7. The topological polar surface area (TPSA) is 107 Å². The molecule has 0 radical (unpaired) electrons. The van der Waals surface area contributed by atoms with Crippen molar-refractivity contribution in [2.24, 2.45) is 5.92 Å². The van der Waals surface area contributed by atoms with Crippen LogP contribution in [0.15, 0.2) is 66.7 Å². The number of likely N-dealkylation sites (N-methyl/N-ethyl adjacent to an activating group) is 1. The average Bonchev–Trinajstić information content (AvgIpc) is 3.02. The number of hydrogen-bond donors (Lipinski definition) is 1. The first-order chi connectivity index (χ1) is 21.6. The Morgan fingerprint density at radius 1 is 1.02 bits per heavy atom. The minimum atomic E-state index is -0.524. The number of ether oxygens (including phenoxy) is 4. The van der Waals surface area contributed by atoms with Crippen molar-refractivity contribution in [3.63, 3.8) is 0 Å². The third-order valence-electron chi connectivity index (χ3n) is 7.47. The van der Waals surface area contributed by atoms with Gasteiger partial charge in [0.05, 0.1) is 31.9 Å². The van der Waals surface area contributed by atoms with Gasteiger partial charge in [-0.15, -0.1) is 0 Å². The Hall–Kier alpha value is -4.64. The van der Waals surface area contributed by atoms with Gasteiger partial charge in [-0.2, -0.15) is 0 Å². The molecule has 0 spiro atoms. The van der Waals surface area contributed by atoms with Gasteiger partial charge in [0.1, 0.15) is 28.8 Å². The number of fused-ring (bicyclic) bond motifs is 5. The fraction of sp³-hybridized carbons (Fsp3) is 0.382. The molecule has 45 heavy (non-hydrogen) atoms. The predicted octanol–water partition coefficient (Wildman–Crippen LogP) is 4.42. The maximum atomic E-state index is 13.4. The Balaban J connectivity index is 1.34. The number of likely N-dealkylation sites (tertiary alicyclic amines) is 1. The van der Waals surface area contributed by atoms with E-state index >= 15 is 0 Å². The molecule has 2 heterocycles. The molecule has 1 saturated heterocycles. The summed E-state index contributed by atoms with van der Waals surface area (Å²) in [5, 5.41) is 3.02. The van der Waals surface area contributed by atoms with Gasteiger partial charge in [-0.25, -0.2) is 4.39 Å². The van der Waals surface area contributed by atoms with Crippen molar-refractivity contribution in [1.82, 2.24) is 15.1 Å². The fourth-order valence-electron chi connectivity index (χ4n) is 5.14. The van der Waals surface area contributed by atoms with Gasteiger partial charge in [0, 0.05) is 31.8 Å². The van der Waals surface area contributed by atoms with Gasteiger partial charge in [-0.1, -0.05) is 26.0 Å². The molecule has 1 N–H and O–H groups in total. The smallest absolute Gasteiger partial charge is 0.260 e. The van der Waals surface area contributed by atoms with E-state index in [9.17, 15) is 18.8 Å². The molecule has 2 aliphatic rings. The first kappa shape index (κ1) is 31.8. The highest BCUT2D eigenvalue weighted by Crippen LogP contribution is 2.30. The minimum Gasteiger partial charge on any atom is -0.493 e. The lowest BCUT2D eigenvalue weighted by Gasteiger charge is -2.39. The van der Waals surface area contributed by atoms with Crippen LogP contribution in [0.2, 0.25) is 0 Å². The predicted molar refractivity (Wildman–Crippen MR) is 164 cm³/mol. The molecule has 1 fully saturated rings. The van der Waals surface area contributed by atoms with E-state index in [0.717, 1.165) is 5.56 Å². The second-order valence-corrected chi connectivity index (χ2v) is 11.7. The Morgan fingerprint density at radius 2 is 1.82 bits per heavy atom. The molecule has 238 valence electrons. The van der Waals surface area contributed by atoms with Crippen LogP contribution in [0.25, 0.3) is 0 Å². The molecule has 0 saturated carbocycles. The Morgan fingerprint density at radius 3 is 2.60 bits per heavy atom. The zero-order valence-electron chi connectivity index (χ0n) is 25.7. The van der Waals surface area contributed by atoms with Gasteiger partial charge in [0.25, 0.3) is 11.8 Å². The maximum Gasteiger partial charge on any atom is 0.260 e. The Bertz CT molecular complexity index is 1510. The number of piperidine rings is 1. The van der Waals surface area contributed by atoms with Crippen molar-refractivity contribution in [2.45, 2.75) is 39.0 Å². The third-order valence-corrected chi connectivity index (χ3v) is 7.47. The number of halogens is 1. The van der Waals surface area contributed by atoms with Gasteiger partial charge in [-0.3, -0.25) is 14.4 Å². The number of rotatable bonds is 6. The van der Waals surface area contributed by atoms with E-state index in [1.807, 2.05) is 38.1 Å². The number of benzene rings is 3. The largest absolute Gasteiger partial charge is 0.493 e. The van der Waals surface area contributed by atoms with Crippen LogP contribution in [0.4, 0.5) is 4.39 Å². The summed E-state index contributed by atoms with van der Waals surface area (Å²) in [4.78, 5) is 42.6. The van der Waals surface area contributed by atoms with Crippen molar-refractivity contribution < 1.29 is 37.7 Å². The molecule has 11 heteroatoms. The summed E-state index contributed by atoms with van der Waals surface area (Å²) in [6.07, 6.45) is -0.0812. The standard InChI is InChI=1S/C34H38FN3O7/c1-22(2)19-42-28-14-24-15-29(16-28)45-27-6-4-5-23(13-27)20-44-31-17-38(33(40)21-43-26-9-7-25(35)8-10-26)12-11-30(31)36-32(39)18-37(3)34(24)41/h4-10,13-16,22,30-31H,11-12,17-21H2,1-3H3,(H,36,39)/t30-,31-/m0/s1. The molecular formula is C34H38FN3O7. The lowest BCUT2D eigenvalue weighted by molar-refractivity contribution is -0.139. The Kier molecular flexibility index (Phi) is 10.2. The molecule has 3 aromatic carbocycles. The zero-order chi connectivity index (χ0) is 31.9. The number of carbonyl (C=O) groups is 3. The van der Waals surface area contributed by atoms with E-state index < -0.39 is 18.0 Å². The quantitative estimate of drug-likeness (QED) is 0.436. The SMILES string of the molecule is CC(C)COc1cc2cc(c1)C(=O)N(C)CC(=O)N[C@H]1CCN(C(=O)COc3ccc(F)cc3)C[C@@H]1OCc1cccc(c1)O2. The summed E-state index contributed by atoms with van der Waals surface area (Å²) in [5.41, 5.74) is 1.16. The van der Waals surface area contributed by atoms with Crippen LogP contribution in [0.3, 0.4) is 0 Å². The molecular weight excluding hydrogens is 581 g/mol. The third kappa shape index (κ3) is 8.72. The van der Waals surface area contributed by atoms with E-state index in [0.29, 0.717) is 48.1 Å². The van der Waals surface area contributed by atoms with Crippen LogP contribution in [-0.2, 0) is 20.9 Å². The molecule has 0 aromatic heterocycles. The number of carbonyl (C=O) groups excluding carboxylic acids is 3. The van der Waals surface area contributed by atoms with E-state index in [-0.39, 0.29) is 49.9 Å². The summed E-state index contributed by atoms with van der Waals surface area (Å²) < 4.78 is 37.2. The molecule has 3 amide bonds. The van der Waals surface area contributed by atoms with Crippen LogP contribution < -0.4 is 19.5 Å². The summed E-state index contributed by atoms with van der Waals surface area (Å²) >= 11 is 0. The summed E-state index contributed by atoms with van der Waals surface area (Å²) in [7, 11) is 1.56. The highest BCUT2D eigenvalue weighted by atomic mass is 19.1. The monoisotopic (exact) mass is 619 g/mol. The molecule has 0 aliphatic carbocycles. The van der Waals surface area contributed by atoms with Crippen molar-refractivity contribution >= 4 is 17.7 Å². The van der Waals surface area contributed by atoms with Gasteiger partial charge >= 0.3 is 0 Å².